The maximum absolute atomic E-state index is 13.7. The van der Waals surface area contributed by atoms with E-state index in [1.807, 2.05) is 6.92 Å². The van der Waals surface area contributed by atoms with Gasteiger partial charge in [-0.25, -0.2) is 13.2 Å². The van der Waals surface area contributed by atoms with Crippen molar-refractivity contribution in [2.75, 3.05) is 4.31 Å². The van der Waals surface area contributed by atoms with E-state index in [0.29, 0.717) is 14.4 Å². The number of benzene rings is 4. The third-order valence-corrected chi connectivity index (χ3v) is 8.12. The Balaban J connectivity index is 1.74. The summed E-state index contributed by atoms with van der Waals surface area (Å²) in [6.07, 6.45) is 0. The number of amides is 1. The molecule has 0 aliphatic heterocycles. The van der Waals surface area contributed by atoms with Gasteiger partial charge in [0, 0.05) is 15.6 Å². The van der Waals surface area contributed by atoms with Gasteiger partial charge in [-0.3, -0.25) is 4.79 Å². The van der Waals surface area contributed by atoms with Crippen molar-refractivity contribution < 1.29 is 22.7 Å². The Morgan fingerprint density at radius 1 is 0.784 bits per heavy atom. The van der Waals surface area contributed by atoms with E-state index in [1.165, 1.54) is 66.7 Å². The van der Waals surface area contributed by atoms with Crippen LogP contribution in [0.15, 0.2) is 100 Å². The number of carbonyl (C=O) groups is 2. The molecule has 4 rings (SSSR count). The summed E-state index contributed by atoms with van der Waals surface area (Å²) in [4.78, 5) is 26.0. The van der Waals surface area contributed by atoms with Crippen LogP contribution < -0.4 is 9.04 Å². The molecule has 0 bridgehead atoms. The second-order valence-electron chi connectivity index (χ2n) is 7.91. The number of hydrogen-bond donors (Lipinski definition) is 0. The van der Waals surface area contributed by atoms with Crippen LogP contribution in [-0.2, 0) is 10.0 Å². The van der Waals surface area contributed by atoms with Crippen molar-refractivity contribution in [3.8, 4) is 5.75 Å². The highest BCUT2D eigenvalue weighted by atomic mass is 79.9. The minimum Gasteiger partial charge on any atom is -0.422 e. The fraction of sp³-hybridized carbons (Fsp3) is 0.0370. The first-order valence-corrected chi connectivity index (χ1v) is 13.7. The first-order valence-electron chi connectivity index (χ1n) is 10.8. The molecule has 0 radical (unpaired) electrons. The van der Waals surface area contributed by atoms with Gasteiger partial charge in [-0.05, 0) is 102 Å². The maximum Gasteiger partial charge on any atom is 0.343 e. The standard InChI is InChI=1S/C27H18BrCl2NO5S/c1-17-2-13-23(14-3-17)37(34,35)31(26(32)18-4-8-20(29)9-5-18)22-12-15-25(24(28)16-22)36-27(33)19-6-10-21(30)11-7-19/h2-16H,1H3. The zero-order valence-corrected chi connectivity index (χ0v) is 23.1. The van der Waals surface area contributed by atoms with E-state index in [2.05, 4.69) is 15.9 Å². The summed E-state index contributed by atoms with van der Waals surface area (Å²) in [6, 6.07) is 22.4. The van der Waals surface area contributed by atoms with Crippen molar-refractivity contribution in [1.29, 1.82) is 0 Å². The lowest BCUT2D eigenvalue weighted by Crippen LogP contribution is -2.37. The first kappa shape index (κ1) is 26.9. The maximum atomic E-state index is 13.7. The predicted octanol–water partition coefficient (Wildman–Crippen LogP) is 7.32. The normalized spacial score (nSPS) is 11.1. The molecule has 0 unspecified atom stereocenters. The molecule has 0 heterocycles. The van der Waals surface area contributed by atoms with Crippen molar-refractivity contribution in [2.45, 2.75) is 11.8 Å². The highest BCUT2D eigenvalue weighted by Gasteiger charge is 2.32. The Bertz CT molecular complexity index is 1570. The van der Waals surface area contributed by atoms with Crippen LogP contribution in [-0.4, -0.2) is 20.3 Å². The third-order valence-electron chi connectivity index (χ3n) is 5.27. The van der Waals surface area contributed by atoms with Crippen LogP contribution in [0, 0.1) is 6.92 Å². The fourth-order valence-corrected chi connectivity index (χ4v) is 5.44. The topological polar surface area (TPSA) is 80.8 Å². The Hall–Kier alpha value is -3.17. The molecule has 1 amide bonds. The molecule has 0 saturated heterocycles. The summed E-state index contributed by atoms with van der Waals surface area (Å²) in [7, 11) is -4.32. The second-order valence-corrected chi connectivity index (χ2v) is 11.4. The highest BCUT2D eigenvalue weighted by molar-refractivity contribution is 9.10. The van der Waals surface area contributed by atoms with E-state index in [1.54, 1.807) is 24.3 Å². The summed E-state index contributed by atoms with van der Waals surface area (Å²) in [5, 5.41) is 0.876. The van der Waals surface area contributed by atoms with Crippen LogP contribution in [0.5, 0.6) is 5.75 Å². The van der Waals surface area contributed by atoms with Gasteiger partial charge in [-0.1, -0.05) is 40.9 Å². The quantitative estimate of drug-likeness (QED) is 0.167. The monoisotopic (exact) mass is 617 g/mol. The molecule has 0 aromatic heterocycles. The Kier molecular flexibility index (Phi) is 8.04. The van der Waals surface area contributed by atoms with Gasteiger partial charge >= 0.3 is 5.97 Å². The van der Waals surface area contributed by atoms with Gasteiger partial charge in [0.15, 0.2) is 0 Å². The highest BCUT2D eigenvalue weighted by Crippen LogP contribution is 2.34. The van der Waals surface area contributed by atoms with E-state index in [0.717, 1.165) is 5.56 Å². The molecule has 0 fully saturated rings. The van der Waals surface area contributed by atoms with Gasteiger partial charge in [-0.2, -0.15) is 4.31 Å². The smallest absolute Gasteiger partial charge is 0.343 e. The van der Waals surface area contributed by atoms with Crippen LogP contribution in [0.2, 0.25) is 10.0 Å². The largest absolute Gasteiger partial charge is 0.422 e. The van der Waals surface area contributed by atoms with E-state index in [9.17, 15) is 18.0 Å². The Labute approximate surface area is 232 Å². The van der Waals surface area contributed by atoms with Crippen molar-refractivity contribution in [3.63, 3.8) is 0 Å². The molecular formula is C27H18BrCl2NO5S. The number of halogens is 3. The number of hydrogen-bond acceptors (Lipinski definition) is 5. The summed E-state index contributed by atoms with van der Waals surface area (Å²) in [6.45, 7) is 1.83. The molecule has 0 aliphatic rings. The Morgan fingerprint density at radius 3 is 1.86 bits per heavy atom. The summed E-state index contributed by atoms with van der Waals surface area (Å²) in [5.74, 6) is -1.28. The van der Waals surface area contributed by atoms with Crippen molar-refractivity contribution in [2.24, 2.45) is 0 Å². The number of carbonyl (C=O) groups excluding carboxylic acids is 2. The molecule has 0 atom stereocenters. The molecule has 0 saturated carbocycles. The first-order chi connectivity index (χ1) is 17.6. The van der Waals surface area contributed by atoms with Crippen LogP contribution in [0.3, 0.4) is 0 Å². The molecule has 10 heteroatoms. The summed E-state index contributed by atoms with van der Waals surface area (Å²) >= 11 is 15.1. The van der Waals surface area contributed by atoms with Gasteiger partial charge < -0.3 is 4.74 Å². The molecule has 4 aromatic carbocycles. The number of aryl methyl sites for hydroxylation is 1. The number of esters is 1. The molecule has 4 aromatic rings. The summed E-state index contributed by atoms with van der Waals surface area (Å²) < 4.78 is 33.8. The molecule has 0 spiro atoms. The minimum absolute atomic E-state index is 0.0405. The van der Waals surface area contributed by atoms with E-state index >= 15 is 0 Å². The number of sulfonamides is 1. The molecule has 37 heavy (non-hydrogen) atoms. The fourth-order valence-electron chi connectivity index (χ4n) is 3.33. The van der Waals surface area contributed by atoms with Gasteiger partial charge in [0.1, 0.15) is 5.75 Å². The van der Waals surface area contributed by atoms with Gasteiger partial charge in [0.2, 0.25) is 0 Å². The Morgan fingerprint density at radius 2 is 1.32 bits per heavy atom. The predicted molar refractivity (Wildman–Crippen MR) is 147 cm³/mol. The van der Waals surface area contributed by atoms with Crippen molar-refractivity contribution in [1.82, 2.24) is 0 Å². The number of rotatable bonds is 6. The van der Waals surface area contributed by atoms with Crippen LogP contribution in [0.1, 0.15) is 26.3 Å². The lowest BCUT2D eigenvalue weighted by Gasteiger charge is -2.23. The molecule has 188 valence electrons. The zero-order chi connectivity index (χ0) is 26.7. The third kappa shape index (κ3) is 6.05. The molecule has 0 aliphatic carbocycles. The number of ether oxygens (including phenoxy) is 1. The molecule has 6 nitrogen and oxygen atoms in total. The molecule has 0 N–H and O–H groups in total. The van der Waals surface area contributed by atoms with Crippen molar-refractivity contribution in [3.05, 3.63) is 122 Å². The average Bonchev–Trinajstić information content (AvgIpc) is 2.86. The molecular weight excluding hydrogens is 601 g/mol. The zero-order valence-electron chi connectivity index (χ0n) is 19.2. The number of nitrogens with zero attached hydrogens (tertiary/aromatic N) is 1. The van der Waals surface area contributed by atoms with Gasteiger partial charge in [0.05, 0.1) is 20.6 Å². The minimum atomic E-state index is -4.32. The van der Waals surface area contributed by atoms with Gasteiger partial charge in [0.25, 0.3) is 15.9 Å². The lowest BCUT2D eigenvalue weighted by atomic mass is 10.2. The van der Waals surface area contributed by atoms with E-state index in [-0.39, 0.29) is 31.9 Å². The van der Waals surface area contributed by atoms with Gasteiger partial charge in [-0.15, -0.1) is 0 Å². The SMILES string of the molecule is Cc1ccc(S(=O)(=O)N(C(=O)c2ccc(Cl)cc2)c2ccc(OC(=O)c3ccc(Cl)cc3)c(Br)c2)cc1. The lowest BCUT2D eigenvalue weighted by molar-refractivity contribution is 0.0733. The van der Waals surface area contributed by atoms with E-state index < -0.39 is 21.9 Å². The number of anilines is 1. The van der Waals surface area contributed by atoms with Crippen LogP contribution in [0.25, 0.3) is 0 Å². The average molecular weight is 619 g/mol. The van der Waals surface area contributed by atoms with Crippen molar-refractivity contribution >= 4 is 66.7 Å². The second kappa shape index (κ2) is 11.1. The summed E-state index contributed by atoms with van der Waals surface area (Å²) in [5.41, 5.74) is 1.30. The van der Waals surface area contributed by atoms with Crippen LogP contribution >= 0.6 is 39.1 Å². The van der Waals surface area contributed by atoms with E-state index in [4.69, 9.17) is 27.9 Å². The van der Waals surface area contributed by atoms with Crippen LogP contribution in [0.4, 0.5) is 5.69 Å².